The van der Waals surface area contributed by atoms with E-state index in [1.165, 1.54) is 11.1 Å². The Balaban J connectivity index is 1.60. The molecule has 2 N–H and O–H groups in total. The largest absolute Gasteiger partial charge is 0.385 e. The van der Waals surface area contributed by atoms with Gasteiger partial charge in [0.1, 0.15) is 0 Å². The number of likely N-dealkylation sites (N-methyl/N-ethyl adjacent to an activating group) is 1. The summed E-state index contributed by atoms with van der Waals surface area (Å²) in [5.41, 5.74) is 3.67. The zero-order valence-electron chi connectivity index (χ0n) is 12.4. The minimum absolute atomic E-state index is 0.459. The van der Waals surface area contributed by atoms with Crippen LogP contribution >= 0.6 is 0 Å². The summed E-state index contributed by atoms with van der Waals surface area (Å²) in [6.45, 7) is 2.59. The van der Waals surface area contributed by atoms with E-state index in [0.29, 0.717) is 12.0 Å². The Morgan fingerprint density at radius 1 is 0.952 bits per heavy atom. The zero-order valence-corrected chi connectivity index (χ0v) is 12.4. The normalized spacial score (nSPS) is 21.4. The van der Waals surface area contributed by atoms with Gasteiger partial charge in [-0.1, -0.05) is 42.5 Å². The van der Waals surface area contributed by atoms with E-state index in [1.54, 1.807) is 0 Å². The summed E-state index contributed by atoms with van der Waals surface area (Å²) < 4.78 is 5.52. The van der Waals surface area contributed by atoms with E-state index in [2.05, 4.69) is 59.2 Å². The molecule has 2 aromatic carbocycles. The van der Waals surface area contributed by atoms with Crippen molar-refractivity contribution in [2.75, 3.05) is 32.1 Å². The highest BCUT2D eigenvalue weighted by Crippen LogP contribution is 2.21. The maximum atomic E-state index is 5.52. The third kappa shape index (κ3) is 3.43. The summed E-state index contributed by atoms with van der Waals surface area (Å²) in [4.78, 5) is 0. The molecule has 1 heterocycles. The van der Waals surface area contributed by atoms with Gasteiger partial charge >= 0.3 is 0 Å². The van der Waals surface area contributed by atoms with E-state index in [9.17, 15) is 0 Å². The fraction of sp³-hybridized carbons (Fsp3) is 0.333. The highest BCUT2D eigenvalue weighted by atomic mass is 16.5. The molecule has 0 radical (unpaired) electrons. The van der Waals surface area contributed by atoms with Crippen molar-refractivity contribution < 1.29 is 4.74 Å². The average Bonchev–Trinajstić information content (AvgIpc) is 3.02. The number of rotatable bonds is 5. The lowest BCUT2D eigenvalue weighted by atomic mass is 10.0. The van der Waals surface area contributed by atoms with Gasteiger partial charge in [-0.25, -0.2) is 0 Å². The molecular formula is C18H22N2O. The maximum Gasteiger partial charge on any atom is 0.0623 e. The molecule has 1 aliphatic heterocycles. The molecule has 2 aromatic rings. The molecule has 0 aromatic heterocycles. The van der Waals surface area contributed by atoms with Gasteiger partial charge in [0.15, 0.2) is 0 Å². The van der Waals surface area contributed by atoms with E-state index < -0.39 is 0 Å². The molecule has 21 heavy (non-hydrogen) atoms. The van der Waals surface area contributed by atoms with Gasteiger partial charge in [-0.3, -0.25) is 0 Å². The zero-order chi connectivity index (χ0) is 14.5. The SMILES string of the molecule is CNC1COCC1CNc1ccc(-c2ccccc2)cc1. The minimum atomic E-state index is 0.459. The predicted molar refractivity (Wildman–Crippen MR) is 87.5 cm³/mol. The van der Waals surface area contributed by atoms with Crippen LogP contribution in [0, 0.1) is 5.92 Å². The lowest BCUT2D eigenvalue weighted by molar-refractivity contribution is 0.184. The Morgan fingerprint density at radius 2 is 1.67 bits per heavy atom. The third-order valence-electron chi connectivity index (χ3n) is 4.13. The minimum Gasteiger partial charge on any atom is -0.385 e. The summed E-state index contributed by atoms with van der Waals surface area (Å²) in [6, 6.07) is 19.5. The monoisotopic (exact) mass is 282 g/mol. The van der Waals surface area contributed by atoms with Crippen LogP contribution in [0.3, 0.4) is 0 Å². The molecule has 2 unspecified atom stereocenters. The number of anilines is 1. The van der Waals surface area contributed by atoms with Gasteiger partial charge in [-0.15, -0.1) is 0 Å². The van der Waals surface area contributed by atoms with Crippen LogP contribution in [0.25, 0.3) is 11.1 Å². The summed E-state index contributed by atoms with van der Waals surface area (Å²) in [5.74, 6) is 0.531. The fourth-order valence-electron chi connectivity index (χ4n) is 2.78. The molecule has 3 nitrogen and oxygen atoms in total. The van der Waals surface area contributed by atoms with Gasteiger partial charge in [-0.2, -0.15) is 0 Å². The van der Waals surface area contributed by atoms with Gasteiger partial charge in [0, 0.05) is 24.2 Å². The van der Waals surface area contributed by atoms with Crippen molar-refractivity contribution in [3.63, 3.8) is 0 Å². The van der Waals surface area contributed by atoms with E-state index >= 15 is 0 Å². The first-order valence-electron chi connectivity index (χ1n) is 7.51. The van der Waals surface area contributed by atoms with Crippen molar-refractivity contribution in [1.29, 1.82) is 0 Å². The van der Waals surface area contributed by atoms with Crippen LogP contribution in [0.1, 0.15) is 0 Å². The highest BCUT2D eigenvalue weighted by Gasteiger charge is 2.26. The first kappa shape index (κ1) is 14.1. The van der Waals surface area contributed by atoms with Crippen LogP contribution in [0.5, 0.6) is 0 Å². The van der Waals surface area contributed by atoms with Gasteiger partial charge in [0.05, 0.1) is 13.2 Å². The molecule has 0 bridgehead atoms. The van der Waals surface area contributed by atoms with Crippen LogP contribution < -0.4 is 10.6 Å². The number of nitrogens with one attached hydrogen (secondary N) is 2. The molecule has 110 valence electrons. The van der Waals surface area contributed by atoms with Gasteiger partial charge < -0.3 is 15.4 Å². The Morgan fingerprint density at radius 3 is 2.38 bits per heavy atom. The average molecular weight is 282 g/mol. The van der Waals surface area contributed by atoms with E-state index in [4.69, 9.17) is 4.74 Å². The summed E-state index contributed by atoms with van der Waals surface area (Å²) in [6.07, 6.45) is 0. The van der Waals surface area contributed by atoms with Gasteiger partial charge in [-0.05, 0) is 30.3 Å². The Bertz CT molecular complexity index is 553. The molecular weight excluding hydrogens is 260 g/mol. The van der Waals surface area contributed by atoms with Crippen molar-refractivity contribution in [3.8, 4) is 11.1 Å². The topological polar surface area (TPSA) is 33.3 Å². The van der Waals surface area contributed by atoms with Gasteiger partial charge in [0.25, 0.3) is 0 Å². The van der Waals surface area contributed by atoms with Crippen LogP contribution in [-0.2, 0) is 4.74 Å². The van der Waals surface area contributed by atoms with Crippen LogP contribution in [0.2, 0.25) is 0 Å². The molecule has 0 spiro atoms. The van der Waals surface area contributed by atoms with Crippen LogP contribution in [-0.4, -0.2) is 32.8 Å². The van der Waals surface area contributed by atoms with Crippen molar-refractivity contribution in [3.05, 3.63) is 54.6 Å². The van der Waals surface area contributed by atoms with Crippen molar-refractivity contribution in [2.45, 2.75) is 6.04 Å². The second kappa shape index (κ2) is 6.74. The Hall–Kier alpha value is -1.84. The Kier molecular flexibility index (Phi) is 4.53. The molecule has 3 rings (SSSR count). The number of hydrogen-bond acceptors (Lipinski definition) is 3. The summed E-state index contributed by atoms with van der Waals surface area (Å²) in [5, 5.41) is 6.83. The number of ether oxygens (including phenoxy) is 1. The summed E-state index contributed by atoms with van der Waals surface area (Å²) >= 11 is 0. The third-order valence-corrected chi connectivity index (χ3v) is 4.13. The molecule has 0 saturated carbocycles. The van der Waals surface area contributed by atoms with Crippen LogP contribution in [0.15, 0.2) is 54.6 Å². The van der Waals surface area contributed by atoms with E-state index in [1.807, 2.05) is 13.1 Å². The van der Waals surface area contributed by atoms with Crippen molar-refractivity contribution in [1.82, 2.24) is 5.32 Å². The van der Waals surface area contributed by atoms with Crippen molar-refractivity contribution in [2.24, 2.45) is 5.92 Å². The van der Waals surface area contributed by atoms with E-state index in [-0.39, 0.29) is 0 Å². The van der Waals surface area contributed by atoms with E-state index in [0.717, 1.165) is 25.4 Å². The number of benzene rings is 2. The molecule has 0 amide bonds. The second-order valence-corrected chi connectivity index (χ2v) is 5.52. The predicted octanol–water partition coefficient (Wildman–Crippen LogP) is 3.00. The molecule has 2 atom stereocenters. The molecule has 3 heteroatoms. The lowest BCUT2D eigenvalue weighted by Crippen LogP contribution is -2.36. The molecule has 1 saturated heterocycles. The summed E-state index contributed by atoms with van der Waals surface area (Å²) in [7, 11) is 2.00. The Labute approximate surface area is 126 Å². The standard InChI is InChI=1S/C18H22N2O/c1-19-18-13-21-12-16(18)11-20-17-9-7-15(8-10-17)14-5-3-2-4-6-14/h2-10,16,18-20H,11-13H2,1H3. The smallest absolute Gasteiger partial charge is 0.0623 e. The quantitative estimate of drug-likeness (QED) is 0.884. The molecule has 0 aliphatic carbocycles. The fourth-order valence-corrected chi connectivity index (χ4v) is 2.78. The first-order chi connectivity index (χ1) is 10.4. The maximum absolute atomic E-state index is 5.52. The van der Waals surface area contributed by atoms with Gasteiger partial charge in [0.2, 0.25) is 0 Å². The second-order valence-electron chi connectivity index (χ2n) is 5.52. The lowest BCUT2D eigenvalue weighted by Gasteiger charge is -2.18. The molecule has 1 fully saturated rings. The van der Waals surface area contributed by atoms with Crippen molar-refractivity contribution >= 4 is 5.69 Å². The number of hydrogen-bond donors (Lipinski definition) is 2. The van der Waals surface area contributed by atoms with Crippen LogP contribution in [0.4, 0.5) is 5.69 Å². The molecule has 1 aliphatic rings. The first-order valence-corrected chi connectivity index (χ1v) is 7.51. The highest BCUT2D eigenvalue weighted by molar-refractivity contribution is 5.65.